The molecule has 12 heteroatoms. The zero-order chi connectivity index (χ0) is 31.5. The first kappa shape index (κ1) is 30.0. The molecule has 1 aliphatic heterocycles. The number of pyridine rings is 1. The number of Topliss-reactive ketones (excluding diaryl/α,β-unsaturated/α-hetero) is 1. The monoisotopic (exact) mass is 658 g/mol. The molecule has 0 spiro atoms. The van der Waals surface area contributed by atoms with Crippen LogP contribution in [0, 0.1) is 26.2 Å². The van der Waals surface area contributed by atoms with Crippen molar-refractivity contribution in [3.63, 3.8) is 0 Å². The fourth-order valence-corrected chi connectivity index (χ4v) is 7.03. The molecule has 1 saturated carbocycles. The van der Waals surface area contributed by atoms with Gasteiger partial charge in [0.25, 0.3) is 0 Å². The quantitative estimate of drug-likeness (QED) is 0.219. The van der Waals surface area contributed by atoms with E-state index in [1.165, 1.54) is 6.92 Å². The van der Waals surface area contributed by atoms with E-state index in [2.05, 4.69) is 46.2 Å². The average Bonchev–Trinajstić information content (AvgIpc) is 3.34. The number of rotatable bonds is 8. The van der Waals surface area contributed by atoms with Crippen LogP contribution >= 0.6 is 15.9 Å². The summed E-state index contributed by atoms with van der Waals surface area (Å²) < 4.78 is 2.23. The van der Waals surface area contributed by atoms with Gasteiger partial charge >= 0.3 is 0 Å². The van der Waals surface area contributed by atoms with E-state index in [4.69, 9.17) is 0 Å². The highest BCUT2D eigenvalue weighted by Gasteiger charge is 2.67. The van der Waals surface area contributed by atoms with Gasteiger partial charge in [-0.3, -0.25) is 19.1 Å². The molecule has 2 aliphatic rings. The molecule has 1 aromatic carbocycles. The minimum Gasteiger partial charge on any atom is -0.325 e. The fourth-order valence-electron chi connectivity index (χ4n) is 6.72. The summed E-state index contributed by atoms with van der Waals surface area (Å²) in [6, 6.07) is 6.90. The van der Waals surface area contributed by atoms with Gasteiger partial charge in [0.15, 0.2) is 5.78 Å². The third kappa shape index (κ3) is 5.41. The van der Waals surface area contributed by atoms with Crippen molar-refractivity contribution in [3.8, 4) is 11.1 Å². The lowest BCUT2D eigenvalue weighted by molar-refractivity contribution is -0.138. The number of benzene rings is 1. The smallest absolute Gasteiger partial charge is 0.248 e. The summed E-state index contributed by atoms with van der Waals surface area (Å²) in [6.07, 6.45) is 4.92. The topological polar surface area (TPSA) is 126 Å². The number of ketones is 1. The molecule has 2 unspecified atom stereocenters. The van der Waals surface area contributed by atoms with Crippen LogP contribution in [0.2, 0.25) is 0 Å². The third-order valence-corrected chi connectivity index (χ3v) is 9.15. The van der Waals surface area contributed by atoms with Crippen molar-refractivity contribution < 1.29 is 14.4 Å². The molecule has 3 aromatic heterocycles. The van der Waals surface area contributed by atoms with Gasteiger partial charge < -0.3 is 15.1 Å². The second kappa shape index (κ2) is 11.2. The lowest BCUT2D eigenvalue weighted by Crippen LogP contribution is -2.47. The summed E-state index contributed by atoms with van der Waals surface area (Å²) in [6.45, 7) is 7.81. The normalized spacial score (nSPS) is 20.7. The number of aromatic nitrogens is 5. The van der Waals surface area contributed by atoms with E-state index in [0.29, 0.717) is 39.3 Å². The van der Waals surface area contributed by atoms with E-state index >= 15 is 0 Å². The molecule has 11 nitrogen and oxygen atoms in total. The van der Waals surface area contributed by atoms with E-state index in [1.807, 2.05) is 59.1 Å². The number of nitrogens with one attached hydrogen (secondary N) is 1. The van der Waals surface area contributed by atoms with Crippen LogP contribution in [0.15, 0.2) is 41.3 Å². The third-order valence-electron chi connectivity index (χ3n) is 8.71. The van der Waals surface area contributed by atoms with Gasteiger partial charge in [-0.15, -0.1) is 0 Å². The van der Waals surface area contributed by atoms with Crippen LogP contribution in [0.5, 0.6) is 0 Å². The SMILES string of the molecule is CC(=O)c1nn(CC(=O)N2C3CC3(CN(C)C)C[C@H]2C(=O)Nc2nc(Br)ccc2C)c2c(C)cc(-c3cnc(C)nc3)cc12. The van der Waals surface area contributed by atoms with E-state index in [9.17, 15) is 14.4 Å². The van der Waals surface area contributed by atoms with Crippen molar-refractivity contribution in [1.82, 2.24) is 34.5 Å². The average molecular weight is 660 g/mol. The molecule has 3 atom stereocenters. The molecule has 6 rings (SSSR count). The van der Waals surface area contributed by atoms with Crippen molar-refractivity contribution in [1.29, 1.82) is 0 Å². The Bertz CT molecular complexity index is 1820. The Morgan fingerprint density at radius 2 is 1.77 bits per heavy atom. The Morgan fingerprint density at radius 1 is 1.05 bits per heavy atom. The number of anilines is 1. The number of piperidine rings is 1. The summed E-state index contributed by atoms with van der Waals surface area (Å²) in [5.41, 5.74) is 4.26. The van der Waals surface area contributed by atoms with Crippen LogP contribution in [0.4, 0.5) is 5.82 Å². The molecule has 1 saturated heterocycles. The molecular weight excluding hydrogens is 624 g/mol. The summed E-state index contributed by atoms with van der Waals surface area (Å²) in [5, 5.41) is 8.28. The van der Waals surface area contributed by atoms with Crippen molar-refractivity contribution in [2.75, 3.05) is 26.0 Å². The maximum absolute atomic E-state index is 14.2. The second-order valence-corrected chi connectivity index (χ2v) is 13.2. The number of hydrogen-bond acceptors (Lipinski definition) is 8. The molecule has 4 heterocycles. The summed E-state index contributed by atoms with van der Waals surface area (Å²) in [4.78, 5) is 57.6. The Hall–Kier alpha value is -4.03. The number of nitrogens with zero attached hydrogens (tertiary/aromatic N) is 7. The number of amides is 2. The molecule has 1 N–H and O–H groups in total. The number of hydrogen-bond donors (Lipinski definition) is 1. The molecular formula is C32H35BrN8O3. The number of halogens is 1. The molecule has 0 bridgehead atoms. The minimum atomic E-state index is -0.648. The zero-order valence-corrected chi connectivity index (χ0v) is 27.3. The highest BCUT2D eigenvalue weighted by Crippen LogP contribution is 2.60. The first-order valence-electron chi connectivity index (χ1n) is 14.6. The Balaban J connectivity index is 1.34. The number of likely N-dealkylation sites (tertiary alicyclic amines) is 1. The Morgan fingerprint density at radius 3 is 2.45 bits per heavy atom. The van der Waals surface area contributed by atoms with Gasteiger partial charge in [0.05, 0.1) is 5.52 Å². The van der Waals surface area contributed by atoms with Gasteiger partial charge in [-0.2, -0.15) is 5.10 Å². The summed E-state index contributed by atoms with van der Waals surface area (Å²) in [7, 11) is 4.02. The molecule has 44 heavy (non-hydrogen) atoms. The zero-order valence-electron chi connectivity index (χ0n) is 25.7. The predicted molar refractivity (Wildman–Crippen MR) is 170 cm³/mol. The molecule has 4 aromatic rings. The molecule has 2 fully saturated rings. The number of carbonyl (C=O) groups is 3. The maximum atomic E-state index is 14.2. The van der Waals surface area contributed by atoms with Crippen LogP contribution in [-0.2, 0) is 16.1 Å². The number of aryl methyl sites for hydroxylation is 3. The summed E-state index contributed by atoms with van der Waals surface area (Å²) in [5.74, 6) is 0.480. The van der Waals surface area contributed by atoms with Crippen LogP contribution < -0.4 is 5.32 Å². The van der Waals surface area contributed by atoms with Crippen molar-refractivity contribution in [2.24, 2.45) is 5.41 Å². The van der Waals surface area contributed by atoms with Gasteiger partial charge in [-0.05, 0) is 98.5 Å². The number of fused-ring (bicyclic) bond motifs is 2. The highest BCUT2D eigenvalue weighted by atomic mass is 79.9. The van der Waals surface area contributed by atoms with Gasteiger partial charge in [0.2, 0.25) is 11.8 Å². The lowest BCUT2D eigenvalue weighted by Gasteiger charge is -2.27. The van der Waals surface area contributed by atoms with Gasteiger partial charge in [0, 0.05) is 48.3 Å². The standard InChI is InChI=1S/C32H35BrN8O3/c1-17-7-8-26(33)36-30(17)37-31(44)24-11-32(16-39(5)6)12-25(32)41(24)27(43)15-40-29-18(2)9-21(22-13-34-20(4)35-14-22)10-23(29)28(38-40)19(3)42/h7-10,13-14,24-25H,11-12,15-16H2,1-6H3,(H,36,37,44)/t24-,25?,32?/m0/s1. The van der Waals surface area contributed by atoms with Crippen LogP contribution in [0.1, 0.15) is 47.2 Å². The first-order valence-corrected chi connectivity index (χ1v) is 15.4. The molecule has 2 amide bonds. The van der Waals surface area contributed by atoms with Gasteiger partial charge in [-0.25, -0.2) is 15.0 Å². The largest absolute Gasteiger partial charge is 0.325 e. The van der Waals surface area contributed by atoms with Crippen LogP contribution in [0.25, 0.3) is 22.0 Å². The van der Waals surface area contributed by atoms with Gasteiger partial charge in [0.1, 0.15) is 34.5 Å². The molecule has 0 radical (unpaired) electrons. The van der Waals surface area contributed by atoms with Crippen LogP contribution in [-0.4, -0.2) is 84.9 Å². The molecule has 228 valence electrons. The highest BCUT2D eigenvalue weighted by molar-refractivity contribution is 9.10. The predicted octanol–water partition coefficient (Wildman–Crippen LogP) is 4.34. The lowest BCUT2D eigenvalue weighted by atomic mass is 9.98. The molecule has 1 aliphatic carbocycles. The van der Waals surface area contributed by atoms with E-state index in [1.54, 1.807) is 22.0 Å². The van der Waals surface area contributed by atoms with E-state index < -0.39 is 6.04 Å². The van der Waals surface area contributed by atoms with Crippen molar-refractivity contribution in [3.05, 3.63) is 63.9 Å². The van der Waals surface area contributed by atoms with Crippen molar-refractivity contribution in [2.45, 2.75) is 59.2 Å². The fraction of sp³-hybridized carbons (Fsp3) is 0.406. The Kier molecular flexibility index (Phi) is 7.61. The maximum Gasteiger partial charge on any atom is 0.248 e. The van der Waals surface area contributed by atoms with Gasteiger partial charge in [-0.1, -0.05) is 6.07 Å². The summed E-state index contributed by atoms with van der Waals surface area (Å²) >= 11 is 3.38. The van der Waals surface area contributed by atoms with E-state index in [-0.39, 0.29) is 35.6 Å². The Labute approximate surface area is 264 Å². The van der Waals surface area contributed by atoms with Crippen LogP contribution in [0.3, 0.4) is 0 Å². The first-order chi connectivity index (χ1) is 20.9. The minimum absolute atomic E-state index is 0.0481. The van der Waals surface area contributed by atoms with Crippen molar-refractivity contribution >= 4 is 50.2 Å². The van der Waals surface area contributed by atoms with E-state index in [0.717, 1.165) is 35.2 Å². The number of carbonyl (C=O) groups excluding carboxylic acids is 3. The second-order valence-electron chi connectivity index (χ2n) is 12.4.